The number of amides is 2. The molecule has 2 amide bonds. The fourth-order valence-electron chi connectivity index (χ4n) is 3.82. The number of carbonyl (C=O) groups excluding carboxylic acids is 2. The van der Waals surface area contributed by atoms with Gasteiger partial charge in [0.25, 0.3) is 5.91 Å². The lowest BCUT2D eigenvalue weighted by Crippen LogP contribution is -2.44. The van der Waals surface area contributed by atoms with E-state index >= 15 is 0 Å². The van der Waals surface area contributed by atoms with Crippen LogP contribution in [0.25, 0.3) is 0 Å². The van der Waals surface area contributed by atoms with Crippen molar-refractivity contribution in [2.45, 2.75) is 58.9 Å². The number of nitro groups is 1. The second-order valence-electron chi connectivity index (χ2n) is 8.28. The Morgan fingerprint density at radius 3 is 2.45 bits per heavy atom. The second kappa shape index (κ2) is 9.71. The van der Waals surface area contributed by atoms with Gasteiger partial charge in [0.05, 0.1) is 18.6 Å². The van der Waals surface area contributed by atoms with Crippen LogP contribution in [0.1, 0.15) is 63.2 Å². The van der Waals surface area contributed by atoms with Crippen LogP contribution in [0.15, 0.2) is 18.2 Å². The van der Waals surface area contributed by atoms with Gasteiger partial charge in [-0.05, 0) is 49.1 Å². The normalized spacial score (nSPS) is 19.3. The molecule has 2 rings (SSSR count). The van der Waals surface area contributed by atoms with Crippen molar-refractivity contribution in [3.05, 3.63) is 33.9 Å². The molecule has 8 heteroatoms. The molecule has 1 aromatic carbocycles. The van der Waals surface area contributed by atoms with Crippen LogP contribution in [-0.4, -0.2) is 36.4 Å². The number of nitrogens with one attached hydrogen (secondary N) is 2. The van der Waals surface area contributed by atoms with Crippen molar-refractivity contribution >= 4 is 17.5 Å². The maximum atomic E-state index is 12.2. The molecule has 8 nitrogen and oxygen atoms in total. The number of ether oxygens (including phenoxy) is 1. The Kier molecular flexibility index (Phi) is 7.59. The highest BCUT2D eigenvalue weighted by atomic mass is 16.6. The SMILES string of the molecule is CCC(C)(C)C1CCC(NC(=O)CNC(=O)c2ccc(OC)c([N+](=O)[O-])c2)CC1. The van der Waals surface area contributed by atoms with Crippen LogP contribution in [0.2, 0.25) is 0 Å². The van der Waals surface area contributed by atoms with Gasteiger partial charge in [-0.15, -0.1) is 0 Å². The monoisotopic (exact) mass is 405 g/mol. The Morgan fingerprint density at radius 1 is 1.24 bits per heavy atom. The Morgan fingerprint density at radius 2 is 1.90 bits per heavy atom. The van der Waals surface area contributed by atoms with E-state index in [4.69, 9.17) is 4.74 Å². The minimum Gasteiger partial charge on any atom is -0.490 e. The first-order valence-electron chi connectivity index (χ1n) is 10.1. The fourth-order valence-corrected chi connectivity index (χ4v) is 3.82. The summed E-state index contributed by atoms with van der Waals surface area (Å²) in [6.07, 6.45) is 5.21. The maximum Gasteiger partial charge on any atom is 0.311 e. The van der Waals surface area contributed by atoms with Crippen LogP contribution in [0.5, 0.6) is 5.75 Å². The van der Waals surface area contributed by atoms with Crippen LogP contribution in [0, 0.1) is 21.4 Å². The van der Waals surface area contributed by atoms with Gasteiger partial charge in [0.2, 0.25) is 5.91 Å². The van der Waals surface area contributed by atoms with E-state index in [0.717, 1.165) is 38.2 Å². The molecule has 1 saturated carbocycles. The molecule has 0 unspecified atom stereocenters. The van der Waals surface area contributed by atoms with Gasteiger partial charge in [0.1, 0.15) is 0 Å². The largest absolute Gasteiger partial charge is 0.490 e. The van der Waals surface area contributed by atoms with Crippen molar-refractivity contribution in [2.75, 3.05) is 13.7 Å². The van der Waals surface area contributed by atoms with Crippen molar-refractivity contribution in [1.82, 2.24) is 10.6 Å². The zero-order valence-electron chi connectivity index (χ0n) is 17.6. The Balaban J connectivity index is 1.83. The minimum atomic E-state index is -0.613. The van der Waals surface area contributed by atoms with Gasteiger partial charge in [0, 0.05) is 17.7 Å². The molecule has 0 aromatic heterocycles. The number of benzene rings is 1. The van der Waals surface area contributed by atoms with Crippen molar-refractivity contribution in [2.24, 2.45) is 11.3 Å². The van der Waals surface area contributed by atoms with Gasteiger partial charge in [-0.1, -0.05) is 27.2 Å². The molecule has 2 N–H and O–H groups in total. The summed E-state index contributed by atoms with van der Waals surface area (Å²) in [6.45, 7) is 6.65. The third kappa shape index (κ3) is 5.92. The molecule has 0 spiro atoms. The first kappa shape index (κ1) is 22.6. The van der Waals surface area contributed by atoms with Crippen molar-refractivity contribution in [3.8, 4) is 5.75 Å². The minimum absolute atomic E-state index is 0.0751. The molecule has 0 radical (unpaired) electrons. The Labute approximate surface area is 171 Å². The van der Waals surface area contributed by atoms with Crippen molar-refractivity contribution in [3.63, 3.8) is 0 Å². The quantitative estimate of drug-likeness (QED) is 0.508. The molecule has 0 bridgehead atoms. The van der Waals surface area contributed by atoms with Gasteiger partial charge in [-0.25, -0.2) is 0 Å². The average molecular weight is 405 g/mol. The van der Waals surface area contributed by atoms with Crippen LogP contribution < -0.4 is 15.4 Å². The van der Waals surface area contributed by atoms with Gasteiger partial charge in [-0.3, -0.25) is 19.7 Å². The molecule has 0 aliphatic heterocycles. The highest BCUT2D eigenvalue weighted by molar-refractivity contribution is 5.97. The lowest BCUT2D eigenvalue weighted by Gasteiger charge is -2.39. The summed E-state index contributed by atoms with van der Waals surface area (Å²) in [5.41, 5.74) is 0.133. The van der Waals surface area contributed by atoms with E-state index in [1.807, 2.05) is 0 Å². The van der Waals surface area contributed by atoms with Gasteiger partial charge in [0.15, 0.2) is 5.75 Å². The fraction of sp³-hybridized carbons (Fsp3) is 0.619. The molecule has 1 aliphatic rings. The van der Waals surface area contributed by atoms with Gasteiger partial charge >= 0.3 is 5.69 Å². The predicted octanol–water partition coefficient (Wildman–Crippen LogP) is 3.44. The standard InChI is InChI=1S/C21H31N3O5/c1-5-21(2,3)15-7-9-16(10-8-15)23-19(25)13-22-20(26)14-6-11-18(29-4)17(12-14)24(27)28/h6,11-12,15-16H,5,7-10,13H2,1-4H3,(H,22,26)(H,23,25). The first-order chi connectivity index (χ1) is 13.7. The zero-order chi connectivity index (χ0) is 21.6. The van der Waals surface area contributed by atoms with Gasteiger partial charge < -0.3 is 15.4 Å². The smallest absolute Gasteiger partial charge is 0.311 e. The number of carbonyl (C=O) groups is 2. The Hall–Kier alpha value is -2.64. The summed E-state index contributed by atoms with van der Waals surface area (Å²) in [5.74, 6) is -0.0452. The third-order valence-corrected chi connectivity index (χ3v) is 6.16. The molecule has 29 heavy (non-hydrogen) atoms. The number of methoxy groups -OCH3 is 1. The number of nitrogens with zero attached hydrogens (tertiary/aromatic N) is 1. The summed E-state index contributed by atoms with van der Waals surface area (Å²) in [4.78, 5) is 34.9. The maximum absolute atomic E-state index is 12.2. The molecule has 0 saturated heterocycles. The summed E-state index contributed by atoms with van der Waals surface area (Å²) in [5, 5.41) is 16.6. The number of nitro benzene ring substituents is 1. The number of rotatable bonds is 8. The lowest BCUT2D eigenvalue weighted by molar-refractivity contribution is -0.385. The van der Waals surface area contributed by atoms with Crippen molar-refractivity contribution < 1.29 is 19.2 Å². The molecule has 160 valence electrons. The van der Waals surface area contributed by atoms with Crippen LogP contribution in [0.4, 0.5) is 5.69 Å². The topological polar surface area (TPSA) is 111 Å². The summed E-state index contributed by atoms with van der Waals surface area (Å²) < 4.78 is 4.92. The average Bonchev–Trinajstić information content (AvgIpc) is 2.71. The van der Waals surface area contributed by atoms with E-state index < -0.39 is 10.8 Å². The number of hydrogen-bond donors (Lipinski definition) is 2. The van der Waals surface area contributed by atoms with Crippen LogP contribution in [-0.2, 0) is 4.79 Å². The summed E-state index contributed by atoms with van der Waals surface area (Å²) in [6, 6.07) is 4.06. The lowest BCUT2D eigenvalue weighted by atomic mass is 9.69. The molecular formula is C21H31N3O5. The van der Waals surface area contributed by atoms with Crippen LogP contribution >= 0.6 is 0 Å². The Bertz CT molecular complexity index is 755. The highest BCUT2D eigenvalue weighted by Gasteiger charge is 2.32. The van der Waals surface area contributed by atoms with E-state index in [-0.39, 0.29) is 35.5 Å². The third-order valence-electron chi connectivity index (χ3n) is 6.16. The van der Waals surface area contributed by atoms with E-state index in [0.29, 0.717) is 11.3 Å². The zero-order valence-corrected chi connectivity index (χ0v) is 17.6. The first-order valence-corrected chi connectivity index (χ1v) is 10.1. The van der Waals surface area contributed by atoms with Crippen LogP contribution in [0.3, 0.4) is 0 Å². The van der Waals surface area contributed by atoms with Gasteiger partial charge in [-0.2, -0.15) is 0 Å². The molecule has 1 fully saturated rings. The molecule has 1 aliphatic carbocycles. The van der Waals surface area contributed by atoms with E-state index in [1.54, 1.807) is 0 Å². The van der Waals surface area contributed by atoms with E-state index in [9.17, 15) is 19.7 Å². The molecule has 0 heterocycles. The molecular weight excluding hydrogens is 374 g/mol. The predicted molar refractivity (Wildman–Crippen MR) is 110 cm³/mol. The van der Waals surface area contributed by atoms with Crippen molar-refractivity contribution in [1.29, 1.82) is 0 Å². The van der Waals surface area contributed by atoms with E-state index in [1.165, 1.54) is 19.2 Å². The highest BCUT2D eigenvalue weighted by Crippen LogP contribution is 2.40. The summed E-state index contributed by atoms with van der Waals surface area (Å²) >= 11 is 0. The van der Waals surface area contributed by atoms with E-state index in [2.05, 4.69) is 31.4 Å². The molecule has 1 aromatic rings. The second-order valence-corrected chi connectivity index (χ2v) is 8.28. The number of hydrogen-bond acceptors (Lipinski definition) is 5. The molecule has 0 atom stereocenters. The summed E-state index contributed by atoms with van der Waals surface area (Å²) in [7, 11) is 1.32.